The molecule has 0 spiro atoms. The second-order valence-electron chi connectivity index (χ2n) is 4.00. The van der Waals surface area contributed by atoms with E-state index in [0.29, 0.717) is 15.5 Å². The molecule has 0 atom stereocenters. The smallest absolute Gasteiger partial charge is 0.267 e. The largest absolute Gasteiger partial charge is 0.328 e. The van der Waals surface area contributed by atoms with Gasteiger partial charge in [-0.3, -0.25) is 4.28 Å². The number of thioether (sulfide) groups is 1. The van der Waals surface area contributed by atoms with E-state index in [-0.39, 0.29) is 5.75 Å². The highest BCUT2D eigenvalue weighted by Crippen LogP contribution is 2.33. The first-order valence-electron chi connectivity index (χ1n) is 6.11. The van der Waals surface area contributed by atoms with Crippen LogP contribution >= 0.6 is 11.8 Å². The summed E-state index contributed by atoms with van der Waals surface area (Å²) in [6.07, 6.45) is 3.34. The van der Waals surface area contributed by atoms with Gasteiger partial charge in [0.05, 0.1) is 11.3 Å². The van der Waals surface area contributed by atoms with Crippen molar-refractivity contribution in [2.45, 2.75) is 6.92 Å². The second-order valence-corrected chi connectivity index (χ2v) is 6.91. The summed E-state index contributed by atoms with van der Waals surface area (Å²) >= 11 is 1.20. The third kappa shape index (κ3) is 3.97. The lowest BCUT2D eigenvalue weighted by Crippen LogP contribution is -2.04. The van der Waals surface area contributed by atoms with Crippen molar-refractivity contribution in [2.24, 2.45) is 5.16 Å². The van der Waals surface area contributed by atoms with E-state index in [9.17, 15) is 13.7 Å². The van der Waals surface area contributed by atoms with Crippen molar-refractivity contribution < 1.29 is 12.7 Å². The Labute approximate surface area is 127 Å². The Kier molecular flexibility index (Phi) is 4.83. The number of benzene rings is 1. The molecule has 0 unspecified atom stereocenters. The molecular formula is C14H12N2O3S2. The molecule has 1 aromatic rings. The van der Waals surface area contributed by atoms with E-state index < -0.39 is 10.1 Å². The van der Waals surface area contributed by atoms with Crippen LogP contribution in [0.4, 0.5) is 0 Å². The van der Waals surface area contributed by atoms with Gasteiger partial charge in [0, 0.05) is 4.91 Å². The molecule has 0 fully saturated rings. The fourth-order valence-electron chi connectivity index (χ4n) is 1.52. The van der Waals surface area contributed by atoms with Crippen molar-refractivity contribution >= 4 is 32.5 Å². The third-order valence-electron chi connectivity index (χ3n) is 2.61. The zero-order valence-electron chi connectivity index (χ0n) is 11.2. The van der Waals surface area contributed by atoms with Gasteiger partial charge in [0.25, 0.3) is 0 Å². The first-order valence-corrected chi connectivity index (χ1v) is 8.50. The van der Waals surface area contributed by atoms with Gasteiger partial charge in [0.1, 0.15) is 11.1 Å². The maximum atomic E-state index is 11.2. The van der Waals surface area contributed by atoms with E-state index in [0.717, 1.165) is 5.56 Å². The van der Waals surface area contributed by atoms with Gasteiger partial charge in [-0.2, -0.15) is 13.7 Å². The minimum Gasteiger partial charge on any atom is -0.267 e. The van der Waals surface area contributed by atoms with Crippen molar-refractivity contribution in [3.8, 4) is 6.07 Å². The summed E-state index contributed by atoms with van der Waals surface area (Å²) in [7, 11) is -3.62. The molecule has 21 heavy (non-hydrogen) atoms. The summed E-state index contributed by atoms with van der Waals surface area (Å²) < 4.78 is 27.0. The normalized spacial score (nSPS) is 18.6. The molecule has 0 saturated carbocycles. The Hall–Kier alpha value is -2.04. The molecule has 1 aliphatic heterocycles. The van der Waals surface area contributed by atoms with Crippen LogP contribution in [0.2, 0.25) is 0 Å². The monoisotopic (exact) mass is 320 g/mol. The number of hydrogen-bond donors (Lipinski definition) is 0. The number of nitrogens with zero attached hydrogens (tertiary/aromatic N) is 2. The summed E-state index contributed by atoms with van der Waals surface area (Å²) in [6, 6.07) is 11.4. The highest BCUT2D eigenvalue weighted by Gasteiger charge is 2.16. The molecule has 1 aliphatic rings. The van der Waals surface area contributed by atoms with Gasteiger partial charge in [-0.15, -0.1) is 0 Å². The number of oxime groups is 1. The van der Waals surface area contributed by atoms with Crippen LogP contribution in [0.15, 0.2) is 52.5 Å². The van der Waals surface area contributed by atoms with Crippen LogP contribution in [0, 0.1) is 11.3 Å². The minimum atomic E-state index is -3.62. The summed E-state index contributed by atoms with van der Waals surface area (Å²) in [5.74, 6) is -0.145. The lowest BCUT2D eigenvalue weighted by molar-refractivity contribution is 0.341. The van der Waals surface area contributed by atoms with Gasteiger partial charge in [-0.05, 0) is 24.6 Å². The fourth-order valence-corrected chi connectivity index (χ4v) is 2.71. The van der Waals surface area contributed by atoms with Crippen molar-refractivity contribution in [1.29, 1.82) is 5.26 Å². The van der Waals surface area contributed by atoms with E-state index in [1.54, 1.807) is 12.2 Å². The Bertz CT molecular complexity index is 757. The molecule has 0 N–H and O–H groups in total. The van der Waals surface area contributed by atoms with Gasteiger partial charge >= 0.3 is 10.1 Å². The Morgan fingerprint density at radius 1 is 1.33 bits per heavy atom. The minimum absolute atomic E-state index is 0.145. The molecule has 5 nitrogen and oxygen atoms in total. The van der Waals surface area contributed by atoms with Crippen LogP contribution in [-0.2, 0) is 14.4 Å². The number of rotatable bonds is 4. The molecule has 0 aliphatic carbocycles. The van der Waals surface area contributed by atoms with E-state index in [4.69, 9.17) is 0 Å². The van der Waals surface area contributed by atoms with Crippen molar-refractivity contribution in [1.82, 2.24) is 0 Å². The maximum Gasteiger partial charge on any atom is 0.328 e. The molecule has 0 amide bonds. The Morgan fingerprint density at radius 3 is 2.67 bits per heavy atom. The van der Waals surface area contributed by atoms with Crippen LogP contribution in [-0.4, -0.2) is 19.2 Å². The zero-order valence-corrected chi connectivity index (χ0v) is 12.8. The molecule has 1 heterocycles. The van der Waals surface area contributed by atoms with Crippen molar-refractivity contribution in [2.75, 3.05) is 5.75 Å². The zero-order chi connectivity index (χ0) is 15.3. The molecule has 108 valence electrons. The molecule has 7 heteroatoms. The first-order chi connectivity index (χ1) is 10.1. The average molecular weight is 320 g/mol. The summed E-state index contributed by atoms with van der Waals surface area (Å²) in [5, 5.41) is 13.3. The van der Waals surface area contributed by atoms with Gasteiger partial charge in [-0.25, -0.2) is 0 Å². The predicted molar refractivity (Wildman–Crippen MR) is 83.7 cm³/mol. The highest BCUT2D eigenvalue weighted by atomic mass is 32.2. The first kappa shape index (κ1) is 15.4. The molecule has 1 aromatic carbocycles. The van der Waals surface area contributed by atoms with Crippen molar-refractivity contribution in [3.05, 3.63) is 53.0 Å². The molecule has 0 bridgehead atoms. The number of hydrogen-bond acceptors (Lipinski definition) is 6. The molecule has 0 saturated heterocycles. The maximum absolute atomic E-state index is 11.2. The molecule has 0 radical (unpaired) electrons. The van der Waals surface area contributed by atoms with Crippen LogP contribution in [0.1, 0.15) is 12.5 Å². The lowest BCUT2D eigenvalue weighted by Gasteiger charge is -2.02. The van der Waals surface area contributed by atoms with Gasteiger partial charge in [-0.1, -0.05) is 47.2 Å². The molecule has 2 rings (SSSR count). The van der Waals surface area contributed by atoms with Crippen LogP contribution in [0.25, 0.3) is 5.57 Å². The van der Waals surface area contributed by atoms with Crippen LogP contribution < -0.4 is 0 Å². The molecular weight excluding hydrogens is 308 g/mol. The fraction of sp³-hybridized carbons (Fsp3) is 0.143. The van der Waals surface area contributed by atoms with E-state index in [1.165, 1.54) is 18.7 Å². The van der Waals surface area contributed by atoms with E-state index in [2.05, 4.69) is 15.5 Å². The van der Waals surface area contributed by atoms with Gasteiger partial charge < -0.3 is 0 Å². The van der Waals surface area contributed by atoms with Gasteiger partial charge in [0.2, 0.25) is 0 Å². The SMILES string of the molecule is CCS(=O)(=O)O/N=C1C=C/C(=C(\C#N)c2ccccc2)S\1. The summed E-state index contributed by atoms with van der Waals surface area (Å²) in [5.41, 5.74) is 1.32. The number of allylic oxidation sites excluding steroid dienone is 2. The summed E-state index contributed by atoms with van der Waals surface area (Å²) in [6.45, 7) is 1.47. The predicted octanol–water partition coefficient (Wildman–Crippen LogP) is 2.90. The van der Waals surface area contributed by atoms with E-state index >= 15 is 0 Å². The Balaban J connectivity index is 2.23. The number of nitriles is 1. The average Bonchev–Trinajstić information content (AvgIpc) is 2.96. The summed E-state index contributed by atoms with van der Waals surface area (Å²) in [4.78, 5) is 0.708. The van der Waals surface area contributed by atoms with E-state index in [1.807, 2.05) is 30.3 Å². The standard InChI is InChI=1S/C14H12N2O3S2/c1-2-21(17,18)19-16-14-9-8-13(20-14)12(10-15)11-6-4-3-5-7-11/h3-9H,2H2,1H3/b13-12-,16-14+. The Morgan fingerprint density at radius 2 is 2.05 bits per heavy atom. The second kappa shape index (κ2) is 6.61. The molecule has 0 aromatic heterocycles. The van der Waals surface area contributed by atoms with Crippen molar-refractivity contribution in [3.63, 3.8) is 0 Å². The topological polar surface area (TPSA) is 79.5 Å². The van der Waals surface area contributed by atoms with Gasteiger partial charge in [0.15, 0.2) is 0 Å². The van der Waals surface area contributed by atoms with Crippen LogP contribution in [0.3, 0.4) is 0 Å². The third-order valence-corrected chi connectivity index (χ3v) is 4.60. The quantitative estimate of drug-likeness (QED) is 0.629. The van der Waals surface area contributed by atoms with Crippen LogP contribution in [0.5, 0.6) is 0 Å². The highest BCUT2D eigenvalue weighted by molar-refractivity contribution is 8.18. The lowest BCUT2D eigenvalue weighted by atomic mass is 10.1.